The zero-order valence-electron chi connectivity index (χ0n) is 20.1. The van der Waals surface area contributed by atoms with Gasteiger partial charge in [-0.05, 0) is 61.2 Å². The number of halogens is 3. The van der Waals surface area contributed by atoms with E-state index in [1.165, 1.54) is 4.90 Å². The standard InChI is InChI=1S/C24H30Cl3N3O4S/c1-5-11-28-24(32)21(6-2)29(14-17-7-8-19(26)13-20(17)27)23(31)15-30(35(4,33)34)22-10-9-18(25)12-16(22)3/h7-10,12-13,21H,5-6,11,14-15H2,1-4H3,(H,28,32). The van der Waals surface area contributed by atoms with Gasteiger partial charge in [0.2, 0.25) is 21.8 Å². The van der Waals surface area contributed by atoms with Crippen molar-refractivity contribution in [3.8, 4) is 0 Å². The molecule has 1 unspecified atom stereocenters. The predicted octanol–water partition coefficient (Wildman–Crippen LogP) is 5.05. The Bertz CT molecular complexity index is 1170. The van der Waals surface area contributed by atoms with Crippen molar-refractivity contribution < 1.29 is 18.0 Å². The van der Waals surface area contributed by atoms with E-state index in [0.29, 0.717) is 44.8 Å². The molecule has 2 aromatic rings. The van der Waals surface area contributed by atoms with Crippen molar-refractivity contribution in [1.29, 1.82) is 0 Å². The number of amides is 2. The van der Waals surface area contributed by atoms with Gasteiger partial charge in [-0.3, -0.25) is 13.9 Å². The molecule has 0 radical (unpaired) electrons. The lowest BCUT2D eigenvalue weighted by Gasteiger charge is -2.33. The van der Waals surface area contributed by atoms with Gasteiger partial charge in [0.05, 0.1) is 11.9 Å². The molecule has 2 amide bonds. The van der Waals surface area contributed by atoms with E-state index >= 15 is 0 Å². The highest BCUT2D eigenvalue weighted by atomic mass is 35.5. The minimum atomic E-state index is -3.84. The third-order valence-electron chi connectivity index (χ3n) is 5.40. The molecule has 2 aromatic carbocycles. The van der Waals surface area contributed by atoms with Gasteiger partial charge in [0.15, 0.2) is 0 Å². The lowest BCUT2D eigenvalue weighted by Crippen LogP contribution is -2.52. The molecule has 0 fully saturated rings. The quantitative estimate of drug-likeness (QED) is 0.415. The van der Waals surface area contributed by atoms with Crippen molar-refractivity contribution in [1.82, 2.24) is 10.2 Å². The largest absolute Gasteiger partial charge is 0.354 e. The fourth-order valence-corrected chi connectivity index (χ4v) is 5.21. The summed E-state index contributed by atoms with van der Waals surface area (Å²) in [5.74, 6) is -0.865. The second kappa shape index (κ2) is 12.8. The molecule has 7 nitrogen and oxygen atoms in total. The number of aryl methyl sites for hydroxylation is 1. The van der Waals surface area contributed by atoms with Crippen molar-refractivity contribution in [2.75, 3.05) is 23.7 Å². The molecule has 0 aliphatic rings. The van der Waals surface area contributed by atoms with Crippen LogP contribution in [0.3, 0.4) is 0 Å². The molecule has 11 heteroatoms. The Morgan fingerprint density at radius 3 is 2.20 bits per heavy atom. The molecule has 1 atom stereocenters. The molecule has 0 saturated carbocycles. The van der Waals surface area contributed by atoms with Crippen molar-refractivity contribution in [3.63, 3.8) is 0 Å². The first-order valence-electron chi connectivity index (χ1n) is 11.1. The van der Waals surface area contributed by atoms with E-state index in [1.807, 2.05) is 6.92 Å². The van der Waals surface area contributed by atoms with Gasteiger partial charge in [0.1, 0.15) is 12.6 Å². The first-order valence-corrected chi connectivity index (χ1v) is 14.1. The fourth-order valence-electron chi connectivity index (χ4n) is 3.61. The summed E-state index contributed by atoms with van der Waals surface area (Å²) >= 11 is 18.4. The highest BCUT2D eigenvalue weighted by Crippen LogP contribution is 2.27. The maximum atomic E-state index is 13.7. The van der Waals surface area contributed by atoms with Crippen LogP contribution in [0.25, 0.3) is 0 Å². The van der Waals surface area contributed by atoms with E-state index in [-0.39, 0.29) is 12.5 Å². The summed E-state index contributed by atoms with van der Waals surface area (Å²) in [6.45, 7) is 5.39. The molecular formula is C24H30Cl3N3O4S. The maximum absolute atomic E-state index is 13.7. The number of rotatable bonds is 11. The Morgan fingerprint density at radius 2 is 1.66 bits per heavy atom. The number of carbonyl (C=O) groups excluding carboxylic acids is 2. The monoisotopic (exact) mass is 561 g/mol. The number of benzene rings is 2. The number of nitrogens with one attached hydrogen (secondary N) is 1. The summed E-state index contributed by atoms with van der Waals surface area (Å²) in [6, 6.07) is 8.79. The highest BCUT2D eigenvalue weighted by molar-refractivity contribution is 7.92. The van der Waals surface area contributed by atoms with E-state index in [9.17, 15) is 18.0 Å². The van der Waals surface area contributed by atoms with Crippen LogP contribution in [0.5, 0.6) is 0 Å². The molecule has 0 aliphatic carbocycles. The Kier molecular flexibility index (Phi) is 10.7. The molecule has 192 valence electrons. The molecule has 0 saturated heterocycles. The molecule has 2 rings (SSSR count). The van der Waals surface area contributed by atoms with Gasteiger partial charge in [-0.15, -0.1) is 0 Å². The van der Waals surface area contributed by atoms with Crippen molar-refractivity contribution in [2.45, 2.75) is 46.2 Å². The van der Waals surface area contributed by atoms with Crippen LogP contribution in [0.1, 0.15) is 37.8 Å². The summed E-state index contributed by atoms with van der Waals surface area (Å²) in [4.78, 5) is 28.0. The number of carbonyl (C=O) groups is 2. The summed E-state index contributed by atoms with van der Waals surface area (Å²) in [7, 11) is -3.84. The molecular weight excluding hydrogens is 533 g/mol. The average Bonchev–Trinajstić information content (AvgIpc) is 2.77. The number of sulfonamides is 1. The van der Waals surface area contributed by atoms with Crippen molar-refractivity contribution in [2.24, 2.45) is 0 Å². The second-order valence-electron chi connectivity index (χ2n) is 8.17. The van der Waals surface area contributed by atoms with Crippen LogP contribution in [0, 0.1) is 6.92 Å². The number of anilines is 1. The Balaban J connectivity index is 2.49. The van der Waals surface area contributed by atoms with Crippen LogP contribution < -0.4 is 9.62 Å². The van der Waals surface area contributed by atoms with Gasteiger partial charge in [0, 0.05) is 28.2 Å². The predicted molar refractivity (Wildman–Crippen MR) is 143 cm³/mol. The smallest absolute Gasteiger partial charge is 0.244 e. The lowest BCUT2D eigenvalue weighted by molar-refractivity contribution is -0.140. The number of hydrogen-bond donors (Lipinski definition) is 1. The SMILES string of the molecule is CCCNC(=O)C(CC)N(Cc1ccc(Cl)cc1Cl)C(=O)CN(c1ccc(Cl)cc1C)S(C)(=O)=O. The van der Waals surface area contributed by atoms with Gasteiger partial charge in [-0.1, -0.05) is 54.7 Å². The summed E-state index contributed by atoms with van der Waals surface area (Å²) in [6.07, 6.45) is 2.09. The zero-order chi connectivity index (χ0) is 26.3. The van der Waals surface area contributed by atoms with E-state index in [0.717, 1.165) is 17.0 Å². The van der Waals surface area contributed by atoms with E-state index in [1.54, 1.807) is 50.2 Å². The van der Waals surface area contributed by atoms with Crippen LogP contribution in [-0.2, 0) is 26.2 Å². The summed E-state index contributed by atoms with van der Waals surface area (Å²) in [5.41, 5.74) is 1.51. The van der Waals surface area contributed by atoms with Crippen LogP contribution in [0.15, 0.2) is 36.4 Å². The average molecular weight is 563 g/mol. The number of hydrogen-bond acceptors (Lipinski definition) is 4. The molecule has 0 heterocycles. The molecule has 0 spiro atoms. The third-order valence-corrected chi connectivity index (χ3v) is 7.35. The molecule has 0 bridgehead atoms. The third kappa shape index (κ3) is 8.00. The van der Waals surface area contributed by atoms with Crippen LogP contribution in [0.2, 0.25) is 15.1 Å². The topological polar surface area (TPSA) is 86.8 Å². The Morgan fingerprint density at radius 1 is 1.03 bits per heavy atom. The normalized spacial score (nSPS) is 12.2. The maximum Gasteiger partial charge on any atom is 0.244 e. The van der Waals surface area contributed by atoms with Crippen LogP contribution in [0.4, 0.5) is 5.69 Å². The first kappa shape index (κ1) is 29.2. The van der Waals surface area contributed by atoms with E-state index < -0.39 is 28.5 Å². The lowest BCUT2D eigenvalue weighted by atomic mass is 10.1. The van der Waals surface area contributed by atoms with Gasteiger partial charge in [-0.2, -0.15) is 0 Å². The zero-order valence-corrected chi connectivity index (χ0v) is 23.2. The van der Waals surface area contributed by atoms with Crippen molar-refractivity contribution in [3.05, 3.63) is 62.6 Å². The van der Waals surface area contributed by atoms with E-state index in [2.05, 4.69) is 5.32 Å². The van der Waals surface area contributed by atoms with Gasteiger partial charge < -0.3 is 10.2 Å². The number of nitrogens with zero attached hydrogens (tertiary/aromatic N) is 2. The highest BCUT2D eigenvalue weighted by Gasteiger charge is 2.32. The second-order valence-corrected chi connectivity index (χ2v) is 11.4. The minimum absolute atomic E-state index is 0.00406. The minimum Gasteiger partial charge on any atom is -0.354 e. The van der Waals surface area contributed by atoms with Gasteiger partial charge >= 0.3 is 0 Å². The summed E-state index contributed by atoms with van der Waals surface area (Å²) < 4.78 is 26.4. The van der Waals surface area contributed by atoms with Crippen LogP contribution >= 0.6 is 34.8 Å². The van der Waals surface area contributed by atoms with Crippen LogP contribution in [-0.4, -0.2) is 50.5 Å². The summed E-state index contributed by atoms with van der Waals surface area (Å²) in [5, 5.41) is 4.05. The Hall–Kier alpha value is -2.00. The molecule has 0 aliphatic heterocycles. The molecule has 35 heavy (non-hydrogen) atoms. The Labute approximate surface area is 222 Å². The molecule has 1 N–H and O–H groups in total. The van der Waals surface area contributed by atoms with E-state index in [4.69, 9.17) is 34.8 Å². The fraction of sp³-hybridized carbons (Fsp3) is 0.417. The first-order chi connectivity index (χ1) is 16.4. The molecule has 0 aromatic heterocycles. The van der Waals surface area contributed by atoms with Gasteiger partial charge in [0.25, 0.3) is 0 Å². The van der Waals surface area contributed by atoms with Crippen molar-refractivity contribution >= 4 is 62.3 Å². The van der Waals surface area contributed by atoms with Gasteiger partial charge in [-0.25, -0.2) is 8.42 Å².